The van der Waals surface area contributed by atoms with E-state index in [2.05, 4.69) is 10.6 Å². The first-order valence-electron chi connectivity index (χ1n) is 8.55. The first-order valence-corrected chi connectivity index (χ1v) is 8.55. The molecule has 1 amide bonds. The van der Waals surface area contributed by atoms with Crippen molar-refractivity contribution in [1.82, 2.24) is 10.6 Å². The van der Waals surface area contributed by atoms with E-state index in [1.807, 2.05) is 13.8 Å². The zero-order valence-corrected chi connectivity index (χ0v) is 14.4. The number of rotatable bonds is 4. The molecule has 1 aromatic carbocycles. The predicted octanol–water partition coefficient (Wildman–Crippen LogP) is 3.30. The summed E-state index contributed by atoms with van der Waals surface area (Å²) in [6, 6.07) is 5.45. The van der Waals surface area contributed by atoms with Crippen LogP contribution in [0.3, 0.4) is 0 Å². The van der Waals surface area contributed by atoms with E-state index in [1.54, 1.807) is 12.1 Å². The third kappa shape index (κ3) is 3.74. The molecule has 4 nitrogen and oxygen atoms in total. The van der Waals surface area contributed by atoms with Crippen LogP contribution in [0.15, 0.2) is 28.7 Å². The number of aryl methyl sites for hydroxylation is 2. The maximum Gasteiger partial charge on any atom is 0.287 e. The zero-order chi connectivity index (χ0) is 18.0. The van der Waals surface area contributed by atoms with Gasteiger partial charge in [-0.1, -0.05) is 13.0 Å². The summed E-state index contributed by atoms with van der Waals surface area (Å²) in [5.74, 6) is -1.02. The van der Waals surface area contributed by atoms with Gasteiger partial charge in [-0.05, 0) is 49.2 Å². The Morgan fingerprint density at radius 2 is 2.12 bits per heavy atom. The van der Waals surface area contributed by atoms with Crippen LogP contribution in [-0.4, -0.2) is 25.0 Å². The lowest BCUT2D eigenvalue weighted by Gasteiger charge is -2.33. The Morgan fingerprint density at radius 3 is 2.80 bits per heavy atom. The molecular weight excluding hydrogens is 326 g/mol. The van der Waals surface area contributed by atoms with Crippen molar-refractivity contribution in [3.63, 3.8) is 0 Å². The topological polar surface area (TPSA) is 54.3 Å². The highest BCUT2D eigenvalue weighted by molar-refractivity contribution is 5.92. The normalized spacial score (nSPS) is 20.5. The minimum absolute atomic E-state index is 0.0815. The van der Waals surface area contributed by atoms with Gasteiger partial charge in [0.05, 0.1) is 0 Å². The minimum Gasteiger partial charge on any atom is -0.456 e. The number of piperidine rings is 1. The molecule has 2 atom stereocenters. The summed E-state index contributed by atoms with van der Waals surface area (Å²) < 4.78 is 32.4. The predicted molar refractivity (Wildman–Crippen MR) is 90.7 cm³/mol. The number of benzene rings is 1. The summed E-state index contributed by atoms with van der Waals surface area (Å²) in [6.45, 7) is 5.20. The van der Waals surface area contributed by atoms with Gasteiger partial charge < -0.3 is 15.1 Å². The van der Waals surface area contributed by atoms with Gasteiger partial charge in [0, 0.05) is 24.9 Å². The van der Waals surface area contributed by atoms with Crippen molar-refractivity contribution in [1.29, 1.82) is 0 Å². The van der Waals surface area contributed by atoms with Gasteiger partial charge in [-0.15, -0.1) is 0 Å². The third-order valence-corrected chi connectivity index (χ3v) is 4.74. The maximum absolute atomic E-state index is 13.6. The Hall–Kier alpha value is -2.21. The van der Waals surface area contributed by atoms with Crippen LogP contribution in [0.4, 0.5) is 8.78 Å². The van der Waals surface area contributed by atoms with E-state index in [4.69, 9.17) is 4.42 Å². The quantitative estimate of drug-likeness (QED) is 0.891. The molecule has 3 rings (SSSR count). The lowest BCUT2D eigenvalue weighted by molar-refractivity contribution is 0.0894. The Labute approximate surface area is 145 Å². The van der Waals surface area contributed by atoms with Gasteiger partial charge >= 0.3 is 0 Å². The SMILES string of the molecule is CCc1oc(C(=O)NC2CNCCC2c2ccc(F)c(F)c2)cc1C. The molecule has 0 bridgehead atoms. The second-order valence-electron chi connectivity index (χ2n) is 6.42. The monoisotopic (exact) mass is 348 g/mol. The van der Waals surface area contributed by atoms with Crippen molar-refractivity contribution in [3.8, 4) is 0 Å². The van der Waals surface area contributed by atoms with Gasteiger partial charge in [0.15, 0.2) is 17.4 Å². The van der Waals surface area contributed by atoms with Crippen LogP contribution in [0.2, 0.25) is 0 Å². The lowest BCUT2D eigenvalue weighted by Crippen LogP contribution is -2.50. The zero-order valence-electron chi connectivity index (χ0n) is 14.4. The van der Waals surface area contributed by atoms with E-state index in [0.29, 0.717) is 12.1 Å². The summed E-state index contributed by atoms with van der Waals surface area (Å²) in [7, 11) is 0. The molecule has 0 saturated carbocycles. The highest BCUT2D eigenvalue weighted by Gasteiger charge is 2.29. The molecule has 25 heavy (non-hydrogen) atoms. The molecule has 1 saturated heterocycles. The summed E-state index contributed by atoms with van der Waals surface area (Å²) >= 11 is 0. The molecule has 0 aliphatic carbocycles. The van der Waals surface area contributed by atoms with E-state index in [1.165, 1.54) is 6.07 Å². The number of carbonyl (C=O) groups excluding carboxylic acids is 1. The Kier molecular flexibility index (Phi) is 5.18. The Morgan fingerprint density at radius 1 is 1.32 bits per heavy atom. The smallest absolute Gasteiger partial charge is 0.287 e. The molecular formula is C19H22F2N2O2. The fraction of sp³-hybridized carbons (Fsp3) is 0.421. The van der Waals surface area contributed by atoms with Crippen molar-refractivity contribution in [2.24, 2.45) is 0 Å². The number of furan rings is 1. The molecule has 1 aliphatic rings. The average molecular weight is 348 g/mol. The first kappa shape index (κ1) is 17.6. The second kappa shape index (κ2) is 7.35. The number of hydrogen-bond acceptors (Lipinski definition) is 3. The molecule has 0 radical (unpaired) electrons. The largest absolute Gasteiger partial charge is 0.456 e. The molecule has 1 fully saturated rings. The van der Waals surface area contributed by atoms with E-state index in [9.17, 15) is 13.6 Å². The first-order chi connectivity index (χ1) is 12.0. The van der Waals surface area contributed by atoms with Crippen molar-refractivity contribution in [2.75, 3.05) is 13.1 Å². The molecule has 134 valence electrons. The number of nitrogens with one attached hydrogen (secondary N) is 2. The van der Waals surface area contributed by atoms with Crippen LogP contribution in [0.5, 0.6) is 0 Å². The molecule has 6 heteroatoms. The van der Waals surface area contributed by atoms with Crippen LogP contribution in [0.25, 0.3) is 0 Å². The maximum atomic E-state index is 13.6. The van der Waals surface area contributed by atoms with Crippen molar-refractivity contribution in [2.45, 2.75) is 38.6 Å². The molecule has 2 heterocycles. The van der Waals surface area contributed by atoms with Gasteiger partial charge in [-0.25, -0.2) is 8.78 Å². The number of hydrogen-bond donors (Lipinski definition) is 2. The summed E-state index contributed by atoms with van der Waals surface area (Å²) in [6.07, 6.45) is 1.45. The van der Waals surface area contributed by atoms with Crippen LogP contribution in [0.1, 0.15) is 46.7 Å². The Balaban J connectivity index is 1.78. The van der Waals surface area contributed by atoms with Crippen LogP contribution in [0, 0.1) is 18.6 Å². The summed E-state index contributed by atoms with van der Waals surface area (Å²) in [5, 5.41) is 6.20. The molecule has 0 spiro atoms. The fourth-order valence-electron chi connectivity index (χ4n) is 3.37. The van der Waals surface area contributed by atoms with E-state index < -0.39 is 11.6 Å². The lowest BCUT2D eigenvalue weighted by atomic mass is 9.86. The van der Waals surface area contributed by atoms with E-state index in [-0.39, 0.29) is 23.6 Å². The van der Waals surface area contributed by atoms with E-state index in [0.717, 1.165) is 36.8 Å². The molecule has 2 unspecified atom stereocenters. The average Bonchev–Trinajstić information content (AvgIpc) is 2.99. The standard InChI is InChI=1S/C19H22F2N2O2/c1-3-17-11(2)8-18(25-17)19(24)23-16-10-22-7-6-13(16)12-4-5-14(20)15(21)9-12/h4-5,8-9,13,16,22H,3,6-7,10H2,1-2H3,(H,23,24). The highest BCUT2D eigenvalue weighted by Crippen LogP contribution is 2.27. The van der Waals surface area contributed by atoms with Gasteiger partial charge in [0.1, 0.15) is 5.76 Å². The van der Waals surface area contributed by atoms with E-state index >= 15 is 0 Å². The Bertz CT molecular complexity index is 773. The van der Waals surface area contributed by atoms with Crippen LogP contribution >= 0.6 is 0 Å². The number of halogens is 2. The van der Waals surface area contributed by atoms with Gasteiger partial charge in [0.25, 0.3) is 5.91 Å². The molecule has 2 N–H and O–H groups in total. The second-order valence-corrected chi connectivity index (χ2v) is 6.42. The van der Waals surface area contributed by atoms with Crippen LogP contribution in [-0.2, 0) is 6.42 Å². The summed E-state index contributed by atoms with van der Waals surface area (Å²) in [4.78, 5) is 12.5. The van der Waals surface area contributed by atoms with Gasteiger partial charge in [-0.2, -0.15) is 0 Å². The van der Waals surface area contributed by atoms with Crippen molar-refractivity contribution in [3.05, 3.63) is 58.5 Å². The highest BCUT2D eigenvalue weighted by atomic mass is 19.2. The third-order valence-electron chi connectivity index (χ3n) is 4.74. The van der Waals surface area contributed by atoms with Crippen LogP contribution < -0.4 is 10.6 Å². The van der Waals surface area contributed by atoms with Crippen molar-refractivity contribution >= 4 is 5.91 Å². The fourth-order valence-corrected chi connectivity index (χ4v) is 3.37. The molecule has 1 aromatic heterocycles. The van der Waals surface area contributed by atoms with Gasteiger partial charge in [-0.3, -0.25) is 4.79 Å². The van der Waals surface area contributed by atoms with Gasteiger partial charge in [0.2, 0.25) is 0 Å². The molecule has 1 aliphatic heterocycles. The molecule has 2 aromatic rings. The van der Waals surface area contributed by atoms with Crippen molar-refractivity contribution < 1.29 is 18.0 Å². The number of carbonyl (C=O) groups is 1. The minimum atomic E-state index is -0.865. The number of amides is 1. The summed E-state index contributed by atoms with van der Waals surface area (Å²) in [5.41, 5.74) is 1.64.